The molecule has 1 saturated heterocycles. The zero-order valence-corrected chi connectivity index (χ0v) is 20.9. The van der Waals surface area contributed by atoms with E-state index in [1.54, 1.807) is 7.05 Å². The summed E-state index contributed by atoms with van der Waals surface area (Å²) in [5.41, 5.74) is 1.35. The fourth-order valence-corrected chi connectivity index (χ4v) is 4.91. The number of nitrogens with zero attached hydrogens (tertiary/aromatic N) is 3. The van der Waals surface area contributed by atoms with E-state index in [1.165, 1.54) is 9.87 Å². The first kappa shape index (κ1) is 26.1. The van der Waals surface area contributed by atoms with Gasteiger partial charge in [0.1, 0.15) is 0 Å². The van der Waals surface area contributed by atoms with Gasteiger partial charge in [-0.15, -0.1) is 24.0 Å². The van der Waals surface area contributed by atoms with Gasteiger partial charge in [-0.3, -0.25) is 9.89 Å². The molecule has 1 aliphatic rings. The number of nitrogens with one attached hydrogen (secondary N) is 2. The molecule has 2 rings (SSSR count). The van der Waals surface area contributed by atoms with Crippen molar-refractivity contribution in [2.75, 3.05) is 45.5 Å². The summed E-state index contributed by atoms with van der Waals surface area (Å²) in [6.07, 6.45) is 2.09. The third-order valence-electron chi connectivity index (χ3n) is 5.15. The maximum atomic E-state index is 12.3. The van der Waals surface area contributed by atoms with Gasteiger partial charge in [0, 0.05) is 52.4 Å². The normalized spacial score (nSPS) is 16.5. The summed E-state index contributed by atoms with van der Waals surface area (Å²) in [6, 6.07) is 10.9. The Bertz CT molecular complexity index is 703. The Hall–Kier alpha value is -0.910. The van der Waals surface area contributed by atoms with Crippen LogP contribution in [0.25, 0.3) is 0 Å². The molecule has 0 unspecified atom stereocenters. The molecule has 1 fully saturated rings. The highest BCUT2D eigenvalue weighted by molar-refractivity contribution is 14.0. The van der Waals surface area contributed by atoms with Crippen LogP contribution in [0.15, 0.2) is 35.3 Å². The molecular formula is C20H36IN5O2S. The van der Waals surface area contributed by atoms with E-state index in [9.17, 15) is 8.42 Å². The van der Waals surface area contributed by atoms with Crippen LogP contribution in [0.2, 0.25) is 0 Å². The Kier molecular flexibility index (Phi) is 12.1. The molecule has 2 N–H and O–H groups in total. The highest BCUT2D eigenvalue weighted by Crippen LogP contribution is 2.13. The summed E-state index contributed by atoms with van der Waals surface area (Å²) in [5.74, 6) is 0.751. The van der Waals surface area contributed by atoms with Crippen molar-refractivity contribution in [3.05, 3.63) is 35.9 Å². The van der Waals surface area contributed by atoms with Gasteiger partial charge in [-0.05, 0) is 18.4 Å². The monoisotopic (exact) mass is 537 g/mol. The van der Waals surface area contributed by atoms with Gasteiger partial charge < -0.3 is 10.6 Å². The molecule has 0 radical (unpaired) electrons. The highest BCUT2D eigenvalue weighted by atomic mass is 127. The van der Waals surface area contributed by atoms with Gasteiger partial charge in [-0.2, -0.15) is 0 Å². The van der Waals surface area contributed by atoms with Crippen LogP contribution in [0.5, 0.6) is 0 Å². The quantitative estimate of drug-likeness (QED) is 0.287. The van der Waals surface area contributed by atoms with Gasteiger partial charge in [0.15, 0.2) is 5.96 Å². The average molecular weight is 538 g/mol. The molecular weight excluding hydrogens is 501 g/mol. The van der Waals surface area contributed by atoms with Crippen molar-refractivity contribution >= 4 is 40.0 Å². The molecule has 0 bridgehead atoms. The molecule has 7 nitrogen and oxygen atoms in total. The van der Waals surface area contributed by atoms with Crippen LogP contribution in [0.1, 0.15) is 32.3 Å². The number of hydrogen-bond donors (Lipinski definition) is 2. The number of likely N-dealkylation sites (tertiary alicyclic amines) is 1. The van der Waals surface area contributed by atoms with Gasteiger partial charge in [0.05, 0.1) is 5.75 Å². The zero-order chi connectivity index (χ0) is 20.4. The molecule has 1 heterocycles. The lowest BCUT2D eigenvalue weighted by Crippen LogP contribution is -2.49. The summed E-state index contributed by atoms with van der Waals surface area (Å²) in [5, 5.41) is 6.58. The van der Waals surface area contributed by atoms with Crippen molar-refractivity contribution in [2.45, 2.75) is 39.3 Å². The van der Waals surface area contributed by atoms with Crippen molar-refractivity contribution in [1.82, 2.24) is 19.8 Å². The smallest absolute Gasteiger partial charge is 0.215 e. The van der Waals surface area contributed by atoms with Gasteiger partial charge in [-0.25, -0.2) is 12.7 Å². The minimum atomic E-state index is -3.22. The van der Waals surface area contributed by atoms with Gasteiger partial charge in [0.2, 0.25) is 10.0 Å². The minimum Gasteiger partial charge on any atom is -0.355 e. The average Bonchev–Trinajstić information content (AvgIpc) is 2.70. The van der Waals surface area contributed by atoms with E-state index in [0.717, 1.165) is 32.5 Å². The fourth-order valence-electron chi connectivity index (χ4n) is 3.51. The number of sulfonamides is 1. The second kappa shape index (κ2) is 13.4. The van der Waals surface area contributed by atoms with Crippen molar-refractivity contribution in [3.8, 4) is 0 Å². The molecule has 1 aromatic rings. The van der Waals surface area contributed by atoms with E-state index in [1.807, 2.05) is 19.9 Å². The maximum Gasteiger partial charge on any atom is 0.215 e. The zero-order valence-electron chi connectivity index (χ0n) is 17.8. The Morgan fingerprint density at radius 3 is 2.34 bits per heavy atom. The van der Waals surface area contributed by atoms with E-state index < -0.39 is 10.0 Å². The fraction of sp³-hybridized carbons (Fsp3) is 0.650. The molecule has 0 atom stereocenters. The summed E-state index contributed by atoms with van der Waals surface area (Å²) in [6.45, 7) is 8.16. The van der Waals surface area contributed by atoms with Crippen molar-refractivity contribution in [3.63, 3.8) is 0 Å². The molecule has 0 amide bonds. The topological polar surface area (TPSA) is 77.0 Å². The van der Waals surface area contributed by atoms with E-state index in [4.69, 9.17) is 0 Å². The summed E-state index contributed by atoms with van der Waals surface area (Å²) in [7, 11) is -1.49. The molecule has 0 spiro atoms. The van der Waals surface area contributed by atoms with Crippen LogP contribution in [0.4, 0.5) is 0 Å². The number of guanidine groups is 1. The summed E-state index contributed by atoms with van der Waals surface area (Å²) in [4.78, 5) is 6.72. The lowest BCUT2D eigenvalue weighted by molar-refractivity contribution is 0.198. The van der Waals surface area contributed by atoms with Crippen LogP contribution in [0.3, 0.4) is 0 Å². The van der Waals surface area contributed by atoms with E-state index in [2.05, 4.69) is 44.8 Å². The third-order valence-corrected chi connectivity index (χ3v) is 7.18. The predicted octanol–water partition coefficient (Wildman–Crippen LogP) is 2.11. The Labute approximate surface area is 193 Å². The number of aliphatic imine (C=N–C) groups is 1. The first-order valence-corrected chi connectivity index (χ1v) is 11.8. The number of benzene rings is 1. The molecule has 9 heteroatoms. The second-order valence-electron chi connectivity index (χ2n) is 7.08. The van der Waals surface area contributed by atoms with E-state index in [0.29, 0.717) is 31.6 Å². The van der Waals surface area contributed by atoms with E-state index in [-0.39, 0.29) is 29.7 Å². The SMILES string of the molecule is CCN(CC)S(=O)(=O)CCNC(=NC)NC1CCN(Cc2ccccc2)CC1.I. The van der Waals surface area contributed by atoms with E-state index >= 15 is 0 Å². The standard InChI is InChI=1S/C20H35N5O2S.HI/c1-4-25(5-2)28(26,27)16-13-22-20(21-3)23-19-11-14-24(15-12-19)17-18-9-7-6-8-10-18;/h6-10,19H,4-5,11-17H2,1-3H3,(H2,21,22,23);1H. The highest BCUT2D eigenvalue weighted by Gasteiger charge is 2.21. The van der Waals surface area contributed by atoms with Crippen molar-refractivity contribution < 1.29 is 8.42 Å². The summed E-state index contributed by atoms with van der Waals surface area (Å²) < 4.78 is 26.0. The van der Waals surface area contributed by atoms with Gasteiger partial charge in [0.25, 0.3) is 0 Å². The Morgan fingerprint density at radius 2 is 1.79 bits per heavy atom. The minimum absolute atomic E-state index is 0. The number of hydrogen-bond acceptors (Lipinski definition) is 4. The van der Waals surface area contributed by atoms with Gasteiger partial charge >= 0.3 is 0 Å². The Morgan fingerprint density at radius 1 is 1.17 bits per heavy atom. The lowest BCUT2D eigenvalue weighted by atomic mass is 10.0. The first-order chi connectivity index (χ1) is 13.5. The molecule has 1 aliphatic heterocycles. The van der Waals surface area contributed by atoms with Crippen LogP contribution < -0.4 is 10.6 Å². The Balaban J connectivity index is 0.00000420. The van der Waals surface area contributed by atoms with Crippen LogP contribution >= 0.6 is 24.0 Å². The lowest BCUT2D eigenvalue weighted by Gasteiger charge is -2.33. The molecule has 166 valence electrons. The number of rotatable bonds is 9. The predicted molar refractivity (Wildman–Crippen MR) is 131 cm³/mol. The first-order valence-electron chi connectivity index (χ1n) is 10.2. The molecule has 0 saturated carbocycles. The van der Waals surface area contributed by atoms with Crippen LogP contribution in [-0.2, 0) is 16.6 Å². The van der Waals surface area contributed by atoms with Crippen LogP contribution in [0, 0.1) is 0 Å². The third kappa shape index (κ3) is 8.77. The molecule has 1 aromatic carbocycles. The summed E-state index contributed by atoms with van der Waals surface area (Å²) >= 11 is 0. The maximum absolute atomic E-state index is 12.3. The van der Waals surface area contributed by atoms with Crippen molar-refractivity contribution in [2.24, 2.45) is 4.99 Å². The molecule has 0 aromatic heterocycles. The van der Waals surface area contributed by atoms with Gasteiger partial charge in [-0.1, -0.05) is 44.2 Å². The second-order valence-corrected chi connectivity index (χ2v) is 9.17. The van der Waals surface area contributed by atoms with Crippen molar-refractivity contribution in [1.29, 1.82) is 0 Å². The number of piperidine rings is 1. The molecule has 0 aliphatic carbocycles. The number of halogens is 1. The van der Waals surface area contributed by atoms with Crippen LogP contribution in [-0.4, -0.2) is 75.1 Å². The molecule has 29 heavy (non-hydrogen) atoms. The largest absolute Gasteiger partial charge is 0.355 e.